The SMILES string of the molecule is CCN(CC(=O)NCc1ccc(F)cc1)C(C)C(=O)Nc1cc(C)c(Cl)cc1OC. The van der Waals surface area contributed by atoms with Gasteiger partial charge in [-0.2, -0.15) is 0 Å². The molecule has 2 aromatic rings. The van der Waals surface area contributed by atoms with Crippen LogP contribution in [0, 0.1) is 12.7 Å². The second-order valence-corrected chi connectivity index (χ2v) is 7.34. The fourth-order valence-electron chi connectivity index (χ4n) is 2.90. The van der Waals surface area contributed by atoms with Gasteiger partial charge in [0.2, 0.25) is 11.8 Å². The van der Waals surface area contributed by atoms with Crippen molar-refractivity contribution in [3.8, 4) is 5.75 Å². The summed E-state index contributed by atoms with van der Waals surface area (Å²) in [5.41, 5.74) is 2.13. The number of halogens is 2. The molecular formula is C22H27ClFN3O3. The molecule has 0 fully saturated rings. The fourth-order valence-corrected chi connectivity index (χ4v) is 3.05. The van der Waals surface area contributed by atoms with Crippen molar-refractivity contribution in [3.05, 3.63) is 58.4 Å². The summed E-state index contributed by atoms with van der Waals surface area (Å²) in [7, 11) is 1.50. The van der Waals surface area contributed by atoms with E-state index in [1.54, 1.807) is 36.1 Å². The molecule has 6 nitrogen and oxygen atoms in total. The van der Waals surface area contributed by atoms with E-state index in [9.17, 15) is 14.0 Å². The largest absolute Gasteiger partial charge is 0.495 e. The topological polar surface area (TPSA) is 70.7 Å². The smallest absolute Gasteiger partial charge is 0.241 e. The third kappa shape index (κ3) is 6.43. The van der Waals surface area contributed by atoms with E-state index in [1.807, 2.05) is 13.8 Å². The first-order valence-electron chi connectivity index (χ1n) is 9.65. The van der Waals surface area contributed by atoms with Crippen LogP contribution in [0.2, 0.25) is 5.02 Å². The quantitative estimate of drug-likeness (QED) is 0.629. The molecule has 162 valence electrons. The third-order valence-electron chi connectivity index (χ3n) is 4.82. The number of nitrogens with zero attached hydrogens (tertiary/aromatic N) is 1. The lowest BCUT2D eigenvalue weighted by molar-refractivity contribution is -0.125. The average molecular weight is 436 g/mol. The van der Waals surface area contributed by atoms with E-state index in [4.69, 9.17) is 16.3 Å². The van der Waals surface area contributed by atoms with Gasteiger partial charge < -0.3 is 15.4 Å². The van der Waals surface area contributed by atoms with Gasteiger partial charge in [0.15, 0.2) is 0 Å². The van der Waals surface area contributed by atoms with Crippen molar-refractivity contribution in [2.24, 2.45) is 0 Å². The maximum Gasteiger partial charge on any atom is 0.241 e. The van der Waals surface area contributed by atoms with E-state index in [-0.39, 0.29) is 24.2 Å². The first-order valence-corrected chi connectivity index (χ1v) is 10.0. The minimum Gasteiger partial charge on any atom is -0.495 e. The third-order valence-corrected chi connectivity index (χ3v) is 5.23. The molecule has 2 N–H and O–H groups in total. The van der Waals surface area contributed by atoms with Crippen molar-refractivity contribution in [3.63, 3.8) is 0 Å². The number of hydrogen-bond donors (Lipinski definition) is 2. The Bertz CT molecular complexity index is 890. The second kappa shape index (κ2) is 10.9. The predicted octanol–water partition coefficient (Wildman–Crippen LogP) is 3.76. The van der Waals surface area contributed by atoms with Crippen LogP contribution in [0.1, 0.15) is 25.0 Å². The van der Waals surface area contributed by atoms with Crippen LogP contribution in [0.4, 0.5) is 10.1 Å². The van der Waals surface area contributed by atoms with E-state index in [0.29, 0.717) is 29.5 Å². The van der Waals surface area contributed by atoms with Crippen LogP contribution in [-0.4, -0.2) is 43.0 Å². The zero-order valence-corrected chi connectivity index (χ0v) is 18.3. The molecule has 0 spiro atoms. The molecule has 1 atom stereocenters. The zero-order valence-electron chi connectivity index (χ0n) is 17.6. The monoisotopic (exact) mass is 435 g/mol. The number of methoxy groups -OCH3 is 1. The van der Waals surface area contributed by atoms with Gasteiger partial charge in [0.25, 0.3) is 0 Å². The van der Waals surface area contributed by atoms with Crippen LogP contribution in [0.3, 0.4) is 0 Å². The number of benzene rings is 2. The fraction of sp³-hybridized carbons (Fsp3) is 0.364. The van der Waals surface area contributed by atoms with E-state index in [2.05, 4.69) is 10.6 Å². The maximum atomic E-state index is 13.0. The minimum absolute atomic E-state index is 0.0586. The van der Waals surface area contributed by atoms with Crippen molar-refractivity contribution in [2.75, 3.05) is 25.5 Å². The summed E-state index contributed by atoms with van der Waals surface area (Å²) >= 11 is 6.11. The van der Waals surface area contributed by atoms with Gasteiger partial charge in [-0.3, -0.25) is 14.5 Å². The summed E-state index contributed by atoms with van der Waals surface area (Å²) in [4.78, 5) is 26.8. The van der Waals surface area contributed by atoms with Crippen molar-refractivity contribution >= 4 is 29.1 Å². The Morgan fingerprint density at radius 2 is 1.90 bits per heavy atom. The van der Waals surface area contributed by atoms with Crippen LogP contribution in [-0.2, 0) is 16.1 Å². The lowest BCUT2D eigenvalue weighted by Crippen LogP contribution is -2.46. The van der Waals surface area contributed by atoms with Gasteiger partial charge in [-0.25, -0.2) is 4.39 Å². The van der Waals surface area contributed by atoms with Crippen molar-refractivity contribution in [2.45, 2.75) is 33.4 Å². The minimum atomic E-state index is -0.549. The Labute approximate surface area is 181 Å². The van der Waals surface area contributed by atoms with Gasteiger partial charge in [0.1, 0.15) is 11.6 Å². The Morgan fingerprint density at radius 1 is 1.23 bits per heavy atom. The second-order valence-electron chi connectivity index (χ2n) is 6.93. The van der Waals surface area contributed by atoms with Crippen LogP contribution in [0.15, 0.2) is 36.4 Å². The van der Waals surface area contributed by atoms with Crippen LogP contribution in [0.5, 0.6) is 5.75 Å². The summed E-state index contributed by atoms with van der Waals surface area (Å²) in [6, 6.07) is 8.77. The number of aryl methyl sites for hydroxylation is 1. The number of ether oxygens (including phenoxy) is 1. The van der Waals surface area contributed by atoms with Gasteiger partial charge in [0.05, 0.1) is 25.4 Å². The molecule has 8 heteroatoms. The molecule has 0 aromatic heterocycles. The molecule has 0 bridgehead atoms. The molecule has 0 aliphatic rings. The van der Waals surface area contributed by atoms with Crippen LogP contribution in [0.25, 0.3) is 0 Å². The molecule has 0 saturated heterocycles. The summed E-state index contributed by atoms with van der Waals surface area (Å²) in [6.07, 6.45) is 0. The predicted molar refractivity (Wildman–Crippen MR) is 116 cm³/mol. The molecule has 2 amide bonds. The summed E-state index contributed by atoms with van der Waals surface area (Å²) in [6.45, 7) is 6.31. The maximum absolute atomic E-state index is 13.0. The Morgan fingerprint density at radius 3 is 2.50 bits per heavy atom. The molecule has 0 heterocycles. The van der Waals surface area contributed by atoms with E-state index in [0.717, 1.165) is 11.1 Å². The molecule has 30 heavy (non-hydrogen) atoms. The Hall–Kier alpha value is -2.64. The highest BCUT2D eigenvalue weighted by molar-refractivity contribution is 6.31. The molecule has 1 unspecified atom stereocenters. The normalized spacial score (nSPS) is 11.8. The van der Waals surface area contributed by atoms with Gasteiger partial charge in [-0.15, -0.1) is 0 Å². The van der Waals surface area contributed by atoms with Crippen LogP contribution >= 0.6 is 11.6 Å². The van der Waals surface area contributed by atoms with E-state index in [1.165, 1.54) is 19.2 Å². The number of likely N-dealkylation sites (N-methyl/N-ethyl adjacent to an activating group) is 1. The molecule has 2 rings (SSSR count). The van der Waals surface area contributed by atoms with E-state index < -0.39 is 6.04 Å². The number of anilines is 1. The highest BCUT2D eigenvalue weighted by Crippen LogP contribution is 2.31. The number of nitrogens with one attached hydrogen (secondary N) is 2. The number of carbonyl (C=O) groups is 2. The summed E-state index contributed by atoms with van der Waals surface area (Å²) < 4.78 is 18.3. The number of amides is 2. The van der Waals surface area contributed by atoms with Gasteiger partial charge in [0, 0.05) is 17.6 Å². The Balaban J connectivity index is 1.96. The Kier molecular flexibility index (Phi) is 8.62. The van der Waals surface area contributed by atoms with Gasteiger partial charge in [-0.1, -0.05) is 30.7 Å². The van der Waals surface area contributed by atoms with Crippen molar-refractivity contribution in [1.29, 1.82) is 0 Å². The van der Waals surface area contributed by atoms with E-state index >= 15 is 0 Å². The summed E-state index contributed by atoms with van der Waals surface area (Å²) in [5.74, 6) is -0.343. The number of hydrogen-bond acceptors (Lipinski definition) is 4. The number of rotatable bonds is 9. The molecular weight excluding hydrogens is 409 g/mol. The molecule has 0 aliphatic heterocycles. The summed E-state index contributed by atoms with van der Waals surface area (Å²) in [5, 5.41) is 6.19. The lowest BCUT2D eigenvalue weighted by atomic mass is 10.2. The van der Waals surface area contributed by atoms with Gasteiger partial charge >= 0.3 is 0 Å². The number of carbonyl (C=O) groups excluding carboxylic acids is 2. The first-order chi connectivity index (χ1) is 14.2. The highest BCUT2D eigenvalue weighted by Gasteiger charge is 2.23. The zero-order chi connectivity index (χ0) is 22.3. The average Bonchev–Trinajstić information content (AvgIpc) is 2.73. The molecule has 0 radical (unpaired) electrons. The van der Waals surface area contributed by atoms with Crippen molar-refractivity contribution in [1.82, 2.24) is 10.2 Å². The highest BCUT2D eigenvalue weighted by atomic mass is 35.5. The van der Waals surface area contributed by atoms with Crippen LogP contribution < -0.4 is 15.4 Å². The molecule has 0 aliphatic carbocycles. The van der Waals surface area contributed by atoms with Gasteiger partial charge in [-0.05, 0) is 49.7 Å². The molecule has 0 saturated carbocycles. The van der Waals surface area contributed by atoms with Crippen molar-refractivity contribution < 1.29 is 18.7 Å². The lowest BCUT2D eigenvalue weighted by Gasteiger charge is -2.26. The standard InChI is InChI=1S/C22H27ClFN3O3/c1-5-27(13-21(28)25-12-16-6-8-17(24)9-7-16)15(3)22(29)26-19-10-14(2)18(23)11-20(19)30-4/h6-11,15H,5,12-13H2,1-4H3,(H,25,28)(H,26,29). The molecule has 2 aromatic carbocycles. The first kappa shape index (κ1) is 23.6.